The van der Waals surface area contributed by atoms with Gasteiger partial charge in [0.1, 0.15) is 0 Å². The van der Waals surface area contributed by atoms with E-state index in [0.717, 1.165) is 32.1 Å². The second kappa shape index (κ2) is 5.61. The smallest absolute Gasteiger partial charge is 0.0569 e. The van der Waals surface area contributed by atoms with Gasteiger partial charge in [-0.1, -0.05) is 26.2 Å². The molecule has 0 bridgehead atoms. The summed E-state index contributed by atoms with van der Waals surface area (Å²) in [7, 11) is 0. The van der Waals surface area contributed by atoms with Crippen LogP contribution >= 0.6 is 0 Å². The molecule has 2 nitrogen and oxygen atoms in total. The van der Waals surface area contributed by atoms with Gasteiger partial charge in [0, 0.05) is 0 Å². The molecular formula is C11H22O2. The Labute approximate surface area is 81.0 Å². The number of hydrogen-bond donors (Lipinski definition) is 2. The zero-order chi connectivity index (χ0) is 9.68. The highest BCUT2D eigenvalue weighted by Gasteiger charge is 2.23. The molecule has 2 N–H and O–H groups in total. The first-order valence-electron chi connectivity index (χ1n) is 5.60. The molecule has 0 aliphatic heterocycles. The van der Waals surface area contributed by atoms with Crippen LogP contribution in [0.2, 0.25) is 0 Å². The molecule has 0 aromatic rings. The fourth-order valence-corrected chi connectivity index (χ4v) is 2.16. The van der Waals surface area contributed by atoms with Crippen LogP contribution in [0.1, 0.15) is 51.9 Å². The van der Waals surface area contributed by atoms with Gasteiger partial charge in [-0.25, -0.2) is 0 Å². The fraction of sp³-hybridized carbons (Fsp3) is 1.00. The summed E-state index contributed by atoms with van der Waals surface area (Å²) in [6.07, 6.45) is 6.87. The van der Waals surface area contributed by atoms with Crippen LogP contribution in [0.15, 0.2) is 0 Å². The van der Waals surface area contributed by atoms with Crippen molar-refractivity contribution < 1.29 is 10.2 Å². The minimum Gasteiger partial charge on any atom is -0.393 e. The molecule has 13 heavy (non-hydrogen) atoms. The lowest BCUT2D eigenvalue weighted by Crippen LogP contribution is -2.23. The van der Waals surface area contributed by atoms with E-state index in [1.54, 1.807) is 0 Å². The molecule has 78 valence electrons. The molecule has 1 fully saturated rings. The third-order valence-corrected chi connectivity index (χ3v) is 3.17. The molecule has 0 spiro atoms. The Morgan fingerprint density at radius 3 is 2.62 bits per heavy atom. The molecule has 1 aliphatic rings. The Morgan fingerprint density at radius 2 is 1.92 bits per heavy atom. The summed E-state index contributed by atoms with van der Waals surface area (Å²) < 4.78 is 0. The zero-order valence-corrected chi connectivity index (χ0v) is 8.58. The summed E-state index contributed by atoms with van der Waals surface area (Å²) in [5, 5.41) is 19.3. The van der Waals surface area contributed by atoms with Gasteiger partial charge in [-0.3, -0.25) is 0 Å². The largest absolute Gasteiger partial charge is 0.393 e. The van der Waals surface area contributed by atoms with Crippen LogP contribution < -0.4 is 0 Å². The van der Waals surface area contributed by atoms with Crippen LogP contribution in [0.25, 0.3) is 0 Å². The molecular weight excluding hydrogens is 164 g/mol. The molecule has 0 aromatic carbocycles. The summed E-state index contributed by atoms with van der Waals surface area (Å²) >= 11 is 0. The van der Waals surface area contributed by atoms with E-state index in [1.807, 2.05) is 6.92 Å². The molecule has 2 heteroatoms. The van der Waals surface area contributed by atoms with Gasteiger partial charge in [0.15, 0.2) is 0 Å². The Bertz CT molecular complexity index is 136. The predicted molar refractivity (Wildman–Crippen MR) is 53.5 cm³/mol. The lowest BCUT2D eigenvalue weighted by Gasteiger charge is -2.22. The van der Waals surface area contributed by atoms with Crippen LogP contribution in [0.3, 0.4) is 0 Å². The number of hydrogen-bond acceptors (Lipinski definition) is 2. The van der Waals surface area contributed by atoms with Gasteiger partial charge in [0.2, 0.25) is 0 Å². The quantitative estimate of drug-likeness (QED) is 0.663. The molecule has 3 atom stereocenters. The third-order valence-electron chi connectivity index (χ3n) is 3.17. The Balaban J connectivity index is 2.35. The van der Waals surface area contributed by atoms with Crippen LogP contribution in [0.5, 0.6) is 0 Å². The zero-order valence-electron chi connectivity index (χ0n) is 8.58. The van der Waals surface area contributed by atoms with Crippen molar-refractivity contribution in [2.45, 2.75) is 64.1 Å². The third kappa shape index (κ3) is 3.65. The molecule has 1 saturated carbocycles. The maximum atomic E-state index is 9.78. The van der Waals surface area contributed by atoms with E-state index < -0.39 is 0 Å². The van der Waals surface area contributed by atoms with E-state index in [1.165, 1.54) is 12.8 Å². The number of aliphatic hydroxyl groups is 2. The SMILES string of the molecule is CCC(O)CC1CCCCCC1O. The Kier molecular flexibility index (Phi) is 4.74. The normalized spacial score (nSPS) is 32.5. The lowest BCUT2D eigenvalue weighted by atomic mass is 9.90. The van der Waals surface area contributed by atoms with Crippen LogP contribution in [0, 0.1) is 5.92 Å². The topological polar surface area (TPSA) is 40.5 Å². The summed E-state index contributed by atoms with van der Waals surface area (Å²) in [6, 6.07) is 0. The molecule has 0 radical (unpaired) electrons. The van der Waals surface area contributed by atoms with E-state index in [9.17, 15) is 10.2 Å². The van der Waals surface area contributed by atoms with E-state index in [0.29, 0.717) is 5.92 Å². The second-order valence-corrected chi connectivity index (χ2v) is 4.26. The van der Waals surface area contributed by atoms with Gasteiger partial charge < -0.3 is 10.2 Å². The van der Waals surface area contributed by atoms with Gasteiger partial charge in [-0.05, 0) is 31.6 Å². The highest BCUT2D eigenvalue weighted by atomic mass is 16.3. The Morgan fingerprint density at radius 1 is 1.23 bits per heavy atom. The van der Waals surface area contributed by atoms with Crippen molar-refractivity contribution >= 4 is 0 Å². The predicted octanol–water partition coefficient (Wildman–Crippen LogP) is 2.09. The maximum absolute atomic E-state index is 9.78. The van der Waals surface area contributed by atoms with Crippen molar-refractivity contribution in [1.82, 2.24) is 0 Å². The molecule has 0 amide bonds. The molecule has 0 heterocycles. The van der Waals surface area contributed by atoms with Crippen LogP contribution in [-0.2, 0) is 0 Å². The highest BCUT2D eigenvalue weighted by Crippen LogP contribution is 2.27. The van der Waals surface area contributed by atoms with Gasteiger partial charge in [-0.15, -0.1) is 0 Å². The number of rotatable bonds is 3. The fourth-order valence-electron chi connectivity index (χ4n) is 2.16. The van der Waals surface area contributed by atoms with Crippen LogP contribution in [0.4, 0.5) is 0 Å². The standard InChI is InChI=1S/C11H22O2/c1-2-10(12)8-9-6-4-3-5-7-11(9)13/h9-13H,2-8H2,1H3. The minimum atomic E-state index is -0.210. The molecule has 1 rings (SSSR count). The highest BCUT2D eigenvalue weighted by molar-refractivity contribution is 4.75. The average molecular weight is 186 g/mol. The number of aliphatic hydroxyl groups excluding tert-OH is 2. The second-order valence-electron chi connectivity index (χ2n) is 4.26. The van der Waals surface area contributed by atoms with Crippen LogP contribution in [-0.4, -0.2) is 22.4 Å². The van der Waals surface area contributed by atoms with Crippen molar-refractivity contribution in [2.75, 3.05) is 0 Å². The lowest BCUT2D eigenvalue weighted by molar-refractivity contribution is 0.0556. The van der Waals surface area contributed by atoms with Gasteiger partial charge in [0.25, 0.3) is 0 Å². The van der Waals surface area contributed by atoms with Crippen molar-refractivity contribution in [3.8, 4) is 0 Å². The molecule has 0 aromatic heterocycles. The summed E-state index contributed by atoms with van der Waals surface area (Å²) in [6.45, 7) is 1.99. The first kappa shape index (κ1) is 11.0. The molecule has 0 saturated heterocycles. The maximum Gasteiger partial charge on any atom is 0.0569 e. The van der Waals surface area contributed by atoms with Crippen molar-refractivity contribution in [3.63, 3.8) is 0 Å². The monoisotopic (exact) mass is 186 g/mol. The summed E-state index contributed by atoms with van der Waals surface area (Å²) in [4.78, 5) is 0. The van der Waals surface area contributed by atoms with E-state index in [2.05, 4.69) is 0 Å². The molecule has 1 aliphatic carbocycles. The average Bonchev–Trinajstić information content (AvgIpc) is 2.32. The van der Waals surface area contributed by atoms with E-state index >= 15 is 0 Å². The molecule has 3 unspecified atom stereocenters. The van der Waals surface area contributed by atoms with Gasteiger partial charge in [0.05, 0.1) is 12.2 Å². The summed E-state index contributed by atoms with van der Waals surface area (Å²) in [5.41, 5.74) is 0. The van der Waals surface area contributed by atoms with Crippen molar-refractivity contribution in [3.05, 3.63) is 0 Å². The van der Waals surface area contributed by atoms with E-state index in [4.69, 9.17) is 0 Å². The Hall–Kier alpha value is -0.0800. The van der Waals surface area contributed by atoms with Crippen molar-refractivity contribution in [1.29, 1.82) is 0 Å². The van der Waals surface area contributed by atoms with E-state index in [-0.39, 0.29) is 12.2 Å². The van der Waals surface area contributed by atoms with Crippen molar-refractivity contribution in [2.24, 2.45) is 5.92 Å². The first-order valence-corrected chi connectivity index (χ1v) is 5.60. The summed E-state index contributed by atoms with van der Waals surface area (Å²) in [5.74, 6) is 0.345. The van der Waals surface area contributed by atoms with Gasteiger partial charge >= 0.3 is 0 Å². The first-order chi connectivity index (χ1) is 6.24. The minimum absolute atomic E-state index is 0.163. The van der Waals surface area contributed by atoms with Gasteiger partial charge in [-0.2, -0.15) is 0 Å².